The van der Waals surface area contributed by atoms with Gasteiger partial charge in [0, 0.05) is 33.4 Å². The third-order valence-corrected chi connectivity index (χ3v) is 10.6. The number of benzene rings is 9. The summed E-state index contributed by atoms with van der Waals surface area (Å²) in [6.07, 6.45) is 0. The predicted molar refractivity (Wildman–Crippen MR) is 229 cm³/mol. The van der Waals surface area contributed by atoms with Crippen molar-refractivity contribution >= 4 is 49.6 Å². The summed E-state index contributed by atoms with van der Waals surface area (Å²) in [4.78, 5) is 2.40. The average Bonchev–Trinajstić information content (AvgIpc) is 3.59. The number of fused-ring (bicyclic) bond motifs is 4. The third kappa shape index (κ3) is 5.44. The van der Waals surface area contributed by atoms with Gasteiger partial charge in [-0.15, -0.1) is 0 Å². The van der Waals surface area contributed by atoms with Crippen molar-refractivity contribution in [2.45, 2.75) is 0 Å². The van der Waals surface area contributed by atoms with Crippen LogP contribution in [0.3, 0.4) is 0 Å². The lowest BCUT2D eigenvalue weighted by Gasteiger charge is -2.28. The van der Waals surface area contributed by atoms with Crippen LogP contribution in [0.2, 0.25) is 0 Å². The second-order valence-corrected chi connectivity index (χ2v) is 13.7. The molecule has 10 rings (SSSR count). The minimum atomic E-state index is 1.09. The molecule has 1 heterocycles. The maximum absolute atomic E-state index is 2.40. The number of nitrogens with zero attached hydrogens (tertiary/aromatic N) is 2. The van der Waals surface area contributed by atoms with Crippen LogP contribution in [0.15, 0.2) is 218 Å². The normalized spacial score (nSPS) is 11.3. The number of aromatic nitrogens is 1. The molecule has 0 unspecified atom stereocenters. The number of rotatable bonds is 7. The maximum Gasteiger partial charge on any atom is 0.0541 e. The Hall–Kier alpha value is -7.16. The van der Waals surface area contributed by atoms with E-state index in [4.69, 9.17) is 0 Å². The lowest BCUT2D eigenvalue weighted by molar-refractivity contribution is 1.17. The SMILES string of the molecule is c1ccc(-c2ccccc2N(c2ccc(-c3cccc4cccc(-c5ccccc5)c34)cc2)c2cccc(-n3c4ccccc4c4ccccc43)c2)cc1. The largest absolute Gasteiger partial charge is 0.310 e. The van der Waals surface area contributed by atoms with Gasteiger partial charge in [0.25, 0.3) is 0 Å². The molecule has 2 heteroatoms. The van der Waals surface area contributed by atoms with Crippen LogP contribution in [0.4, 0.5) is 17.1 Å². The van der Waals surface area contributed by atoms with E-state index in [2.05, 4.69) is 228 Å². The lowest BCUT2D eigenvalue weighted by atomic mass is 9.91. The van der Waals surface area contributed by atoms with E-state index in [9.17, 15) is 0 Å². The summed E-state index contributed by atoms with van der Waals surface area (Å²) in [6, 6.07) is 78.8. The van der Waals surface area contributed by atoms with Crippen molar-refractivity contribution in [1.82, 2.24) is 4.57 Å². The molecule has 0 bridgehead atoms. The fourth-order valence-corrected chi connectivity index (χ4v) is 8.16. The molecule has 0 spiro atoms. The summed E-state index contributed by atoms with van der Waals surface area (Å²) < 4.78 is 2.39. The number of anilines is 3. The van der Waals surface area contributed by atoms with E-state index < -0.39 is 0 Å². The predicted octanol–water partition coefficient (Wildman–Crippen LogP) is 14.4. The van der Waals surface area contributed by atoms with Crippen LogP contribution in [-0.4, -0.2) is 4.57 Å². The second kappa shape index (κ2) is 13.4. The topological polar surface area (TPSA) is 8.17 Å². The molecule has 1 aromatic heterocycles. The van der Waals surface area contributed by atoms with E-state index >= 15 is 0 Å². The van der Waals surface area contributed by atoms with Crippen LogP contribution in [0.1, 0.15) is 0 Å². The molecule has 10 aromatic rings. The molecule has 0 saturated heterocycles. The highest BCUT2D eigenvalue weighted by Gasteiger charge is 2.20. The van der Waals surface area contributed by atoms with Crippen molar-refractivity contribution in [1.29, 1.82) is 0 Å². The first kappa shape index (κ1) is 31.6. The van der Waals surface area contributed by atoms with E-state index in [1.807, 2.05) is 0 Å². The Labute approximate surface area is 315 Å². The van der Waals surface area contributed by atoms with E-state index in [1.165, 1.54) is 66.0 Å². The van der Waals surface area contributed by atoms with Gasteiger partial charge in [-0.3, -0.25) is 0 Å². The van der Waals surface area contributed by atoms with Crippen molar-refractivity contribution in [2.75, 3.05) is 4.90 Å². The van der Waals surface area contributed by atoms with Gasteiger partial charge >= 0.3 is 0 Å². The first-order chi connectivity index (χ1) is 26.8. The molecule has 0 atom stereocenters. The Kier molecular flexibility index (Phi) is 7.85. The molecule has 0 saturated carbocycles. The molecule has 0 aliphatic rings. The maximum atomic E-state index is 2.40. The molecule has 0 N–H and O–H groups in total. The van der Waals surface area contributed by atoms with Crippen LogP contribution >= 0.6 is 0 Å². The van der Waals surface area contributed by atoms with Gasteiger partial charge in [-0.25, -0.2) is 0 Å². The van der Waals surface area contributed by atoms with Crippen LogP contribution in [0.5, 0.6) is 0 Å². The van der Waals surface area contributed by atoms with Crippen LogP contribution in [0, 0.1) is 0 Å². The summed E-state index contributed by atoms with van der Waals surface area (Å²) in [5.41, 5.74) is 14.0. The van der Waals surface area contributed by atoms with Crippen molar-refractivity contribution in [3.63, 3.8) is 0 Å². The van der Waals surface area contributed by atoms with Crippen molar-refractivity contribution < 1.29 is 0 Å². The van der Waals surface area contributed by atoms with E-state index in [-0.39, 0.29) is 0 Å². The number of hydrogen-bond acceptors (Lipinski definition) is 1. The smallest absolute Gasteiger partial charge is 0.0541 e. The molecule has 0 aliphatic heterocycles. The molecule has 0 radical (unpaired) electrons. The molecule has 0 amide bonds. The van der Waals surface area contributed by atoms with Crippen LogP contribution in [0.25, 0.3) is 71.6 Å². The summed E-state index contributed by atoms with van der Waals surface area (Å²) in [7, 11) is 0. The van der Waals surface area contributed by atoms with Gasteiger partial charge in [-0.05, 0) is 87.1 Å². The van der Waals surface area contributed by atoms with Crippen LogP contribution in [-0.2, 0) is 0 Å². The first-order valence-electron chi connectivity index (χ1n) is 18.5. The molecular formula is C52H36N2. The zero-order valence-corrected chi connectivity index (χ0v) is 29.7. The Balaban J connectivity index is 1.15. The first-order valence-corrected chi connectivity index (χ1v) is 18.5. The molecule has 2 nitrogen and oxygen atoms in total. The van der Waals surface area contributed by atoms with Gasteiger partial charge in [-0.1, -0.05) is 170 Å². The van der Waals surface area contributed by atoms with Gasteiger partial charge in [0.15, 0.2) is 0 Å². The van der Waals surface area contributed by atoms with Gasteiger partial charge in [0.1, 0.15) is 0 Å². The zero-order valence-electron chi connectivity index (χ0n) is 29.7. The van der Waals surface area contributed by atoms with Gasteiger partial charge < -0.3 is 9.47 Å². The highest BCUT2D eigenvalue weighted by molar-refractivity contribution is 6.09. The summed E-state index contributed by atoms with van der Waals surface area (Å²) in [6.45, 7) is 0. The lowest BCUT2D eigenvalue weighted by Crippen LogP contribution is -2.11. The third-order valence-electron chi connectivity index (χ3n) is 10.6. The van der Waals surface area contributed by atoms with E-state index in [1.54, 1.807) is 0 Å². The van der Waals surface area contributed by atoms with Gasteiger partial charge in [-0.2, -0.15) is 0 Å². The number of hydrogen-bond donors (Lipinski definition) is 0. The second-order valence-electron chi connectivity index (χ2n) is 13.7. The Bertz CT molecular complexity index is 2860. The Morgan fingerprint density at radius 1 is 0.333 bits per heavy atom. The van der Waals surface area contributed by atoms with Gasteiger partial charge in [0.2, 0.25) is 0 Å². The highest BCUT2D eigenvalue weighted by Crippen LogP contribution is 2.43. The highest BCUT2D eigenvalue weighted by atomic mass is 15.1. The number of para-hydroxylation sites is 3. The minimum Gasteiger partial charge on any atom is -0.310 e. The fraction of sp³-hybridized carbons (Fsp3) is 0. The molecule has 254 valence electrons. The van der Waals surface area contributed by atoms with Crippen molar-refractivity contribution in [2.24, 2.45) is 0 Å². The molecule has 0 aliphatic carbocycles. The van der Waals surface area contributed by atoms with Crippen molar-refractivity contribution in [3.05, 3.63) is 218 Å². The summed E-state index contributed by atoms with van der Waals surface area (Å²) >= 11 is 0. The fourth-order valence-electron chi connectivity index (χ4n) is 8.16. The minimum absolute atomic E-state index is 1.09. The Morgan fingerprint density at radius 2 is 0.833 bits per heavy atom. The monoisotopic (exact) mass is 688 g/mol. The molecule has 0 fully saturated rings. The van der Waals surface area contributed by atoms with E-state index in [0.29, 0.717) is 0 Å². The van der Waals surface area contributed by atoms with E-state index in [0.717, 1.165) is 22.7 Å². The summed E-state index contributed by atoms with van der Waals surface area (Å²) in [5, 5.41) is 5.01. The molecule has 54 heavy (non-hydrogen) atoms. The molecular weight excluding hydrogens is 653 g/mol. The Morgan fingerprint density at radius 3 is 1.48 bits per heavy atom. The van der Waals surface area contributed by atoms with Crippen molar-refractivity contribution in [3.8, 4) is 39.1 Å². The standard InChI is InChI=1S/C52H36N2/c1-3-16-37(17-4-1)44-24-7-10-29-49(44)53(42-22-15-23-43(36-42)54-50-30-11-8-25-47(50)48-26-9-12-31-51(48)54)41-34-32-39(33-35-41)46-28-14-21-40-20-13-27-45(52(40)46)38-18-5-2-6-19-38/h1-36H. The molecule has 9 aromatic carbocycles. The quantitative estimate of drug-likeness (QED) is 0.162. The van der Waals surface area contributed by atoms with Gasteiger partial charge in [0.05, 0.1) is 16.7 Å². The average molecular weight is 689 g/mol. The summed E-state index contributed by atoms with van der Waals surface area (Å²) in [5.74, 6) is 0. The van der Waals surface area contributed by atoms with Crippen LogP contribution < -0.4 is 4.90 Å². The zero-order chi connectivity index (χ0) is 35.8.